The largest absolute Gasteiger partial charge is 0.394 e. The number of thioether (sulfide) groups is 1. The first-order chi connectivity index (χ1) is 14.4. The number of rotatable bonds is 9. The minimum absolute atomic E-state index is 0.00651. The van der Waals surface area contributed by atoms with Crippen molar-refractivity contribution in [3.8, 4) is 0 Å². The number of nitrogens with one attached hydrogen (secondary N) is 2. The summed E-state index contributed by atoms with van der Waals surface area (Å²) >= 11 is 1.63. The zero-order valence-electron chi connectivity index (χ0n) is 16.5. The van der Waals surface area contributed by atoms with E-state index in [1.54, 1.807) is 30.0 Å². The Balaban J connectivity index is 1.78. The van der Waals surface area contributed by atoms with E-state index >= 15 is 0 Å². The van der Waals surface area contributed by atoms with Crippen LogP contribution in [-0.2, 0) is 10.0 Å². The SMILES string of the molecule is CSCC[C@@H](CO)NC(=O)c1cccc(S(=O)(=O)Nc2ccc3ccccc3c2)c1. The van der Waals surface area contributed by atoms with Gasteiger partial charge < -0.3 is 10.4 Å². The quantitative estimate of drug-likeness (QED) is 0.470. The molecule has 0 aliphatic rings. The van der Waals surface area contributed by atoms with Gasteiger partial charge in [0, 0.05) is 11.3 Å². The van der Waals surface area contributed by atoms with E-state index in [1.165, 1.54) is 18.2 Å². The summed E-state index contributed by atoms with van der Waals surface area (Å²) in [6.07, 6.45) is 2.58. The Labute approximate surface area is 180 Å². The number of amides is 1. The molecule has 3 aromatic carbocycles. The van der Waals surface area contributed by atoms with Crippen molar-refractivity contribution >= 4 is 44.2 Å². The summed E-state index contributed by atoms with van der Waals surface area (Å²) in [6, 6.07) is 18.5. The second-order valence-electron chi connectivity index (χ2n) is 6.83. The summed E-state index contributed by atoms with van der Waals surface area (Å²) < 4.78 is 28.3. The van der Waals surface area contributed by atoms with E-state index in [2.05, 4.69) is 10.0 Å². The second kappa shape index (κ2) is 9.97. The molecule has 1 amide bonds. The molecule has 0 bridgehead atoms. The summed E-state index contributed by atoms with van der Waals surface area (Å²) in [6.45, 7) is -0.173. The summed E-state index contributed by atoms with van der Waals surface area (Å²) in [7, 11) is -3.87. The van der Waals surface area contributed by atoms with Crippen LogP contribution < -0.4 is 10.0 Å². The molecule has 3 rings (SSSR count). The normalized spacial score (nSPS) is 12.5. The zero-order valence-corrected chi connectivity index (χ0v) is 18.2. The molecular weight excluding hydrogens is 420 g/mol. The molecule has 0 unspecified atom stereocenters. The van der Waals surface area contributed by atoms with Crippen molar-refractivity contribution in [2.24, 2.45) is 0 Å². The van der Waals surface area contributed by atoms with Gasteiger partial charge in [0.25, 0.3) is 15.9 Å². The predicted octanol–water partition coefficient (Wildman–Crippen LogP) is 3.48. The van der Waals surface area contributed by atoms with Crippen molar-refractivity contribution in [1.29, 1.82) is 0 Å². The molecule has 0 aromatic heterocycles. The third-order valence-corrected chi connectivity index (χ3v) is 6.66. The fraction of sp³-hybridized carbons (Fsp3) is 0.227. The van der Waals surface area contributed by atoms with E-state index in [1.807, 2.05) is 36.6 Å². The van der Waals surface area contributed by atoms with Gasteiger partial charge in [0.15, 0.2) is 0 Å². The van der Waals surface area contributed by atoms with Crippen LogP contribution in [0.3, 0.4) is 0 Å². The van der Waals surface area contributed by atoms with Crippen LogP contribution >= 0.6 is 11.8 Å². The molecule has 0 aliphatic carbocycles. The first kappa shape index (κ1) is 22.1. The number of aliphatic hydroxyl groups is 1. The number of carbonyl (C=O) groups is 1. The lowest BCUT2D eigenvalue weighted by atomic mass is 10.1. The van der Waals surface area contributed by atoms with Gasteiger partial charge in [-0.05, 0) is 59.5 Å². The maximum atomic E-state index is 12.8. The van der Waals surface area contributed by atoms with Crippen LogP contribution in [0.2, 0.25) is 0 Å². The van der Waals surface area contributed by atoms with Crippen LogP contribution in [-0.4, -0.2) is 44.1 Å². The van der Waals surface area contributed by atoms with Crippen LogP contribution in [0.25, 0.3) is 10.8 Å². The molecular formula is C22H24N2O4S2. The van der Waals surface area contributed by atoms with Gasteiger partial charge in [-0.15, -0.1) is 0 Å². The molecule has 8 heteroatoms. The summed E-state index contributed by atoms with van der Waals surface area (Å²) in [4.78, 5) is 12.5. The molecule has 6 nitrogen and oxygen atoms in total. The van der Waals surface area contributed by atoms with Crippen LogP contribution in [0.1, 0.15) is 16.8 Å². The van der Waals surface area contributed by atoms with Crippen LogP contribution in [0, 0.1) is 0 Å². The average molecular weight is 445 g/mol. The highest BCUT2D eigenvalue weighted by molar-refractivity contribution is 7.98. The third kappa shape index (κ3) is 5.53. The van der Waals surface area contributed by atoms with Crippen LogP contribution in [0.4, 0.5) is 5.69 Å². The van der Waals surface area contributed by atoms with Crippen molar-refractivity contribution in [2.75, 3.05) is 23.3 Å². The maximum absolute atomic E-state index is 12.8. The maximum Gasteiger partial charge on any atom is 0.261 e. The molecule has 0 heterocycles. The molecule has 3 N–H and O–H groups in total. The Morgan fingerprint density at radius 1 is 1.03 bits per heavy atom. The van der Waals surface area contributed by atoms with Crippen molar-refractivity contribution in [2.45, 2.75) is 17.4 Å². The molecule has 158 valence electrons. The number of sulfonamides is 1. The molecule has 0 fully saturated rings. The number of hydrogen-bond donors (Lipinski definition) is 3. The number of carbonyl (C=O) groups excluding carboxylic acids is 1. The van der Waals surface area contributed by atoms with E-state index in [-0.39, 0.29) is 23.1 Å². The smallest absolute Gasteiger partial charge is 0.261 e. The molecule has 30 heavy (non-hydrogen) atoms. The standard InChI is InChI=1S/C22H24N2O4S2/c1-29-12-11-20(15-25)23-22(26)18-7-4-8-21(14-18)30(27,28)24-19-10-9-16-5-2-3-6-17(16)13-19/h2-10,13-14,20,24-25H,11-12,15H2,1H3,(H,23,26)/t20-/m0/s1. The highest BCUT2D eigenvalue weighted by atomic mass is 32.2. The molecule has 0 saturated carbocycles. The highest BCUT2D eigenvalue weighted by Gasteiger charge is 2.18. The summed E-state index contributed by atoms with van der Waals surface area (Å²) in [5, 5.41) is 14.1. The first-order valence-corrected chi connectivity index (χ1v) is 12.3. The van der Waals surface area contributed by atoms with E-state index in [4.69, 9.17) is 0 Å². The molecule has 0 spiro atoms. The molecule has 0 radical (unpaired) electrons. The van der Waals surface area contributed by atoms with Crippen molar-refractivity contribution < 1.29 is 18.3 Å². The first-order valence-electron chi connectivity index (χ1n) is 9.45. The summed E-state index contributed by atoms with van der Waals surface area (Å²) in [5.41, 5.74) is 0.667. The van der Waals surface area contributed by atoms with Gasteiger partial charge in [-0.3, -0.25) is 9.52 Å². The van der Waals surface area contributed by atoms with E-state index in [9.17, 15) is 18.3 Å². The molecule has 0 saturated heterocycles. The number of hydrogen-bond acceptors (Lipinski definition) is 5. The molecule has 0 aliphatic heterocycles. The highest BCUT2D eigenvalue weighted by Crippen LogP contribution is 2.22. The molecule has 1 atom stereocenters. The van der Waals surface area contributed by atoms with E-state index < -0.39 is 15.9 Å². The van der Waals surface area contributed by atoms with Crippen molar-refractivity contribution in [3.63, 3.8) is 0 Å². The van der Waals surface area contributed by atoms with Crippen LogP contribution in [0.15, 0.2) is 71.6 Å². The topological polar surface area (TPSA) is 95.5 Å². The number of aliphatic hydroxyl groups excluding tert-OH is 1. The third-order valence-electron chi connectivity index (χ3n) is 4.63. The Morgan fingerprint density at radius 3 is 2.53 bits per heavy atom. The molecule has 3 aromatic rings. The Kier molecular flexibility index (Phi) is 7.36. The lowest BCUT2D eigenvalue weighted by Gasteiger charge is -2.16. The number of fused-ring (bicyclic) bond motifs is 1. The number of anilines is 1. The Morgan fingerprint density at radius 2 is 1.80 bits per heavy atom. The van der Waals surface area contributed by atoms with E-state index in [0.717, 1.165) is 16.5 Å². The van der Waals surface area contributed by atoms with E-state index in [0.29, 0.717) is 12.1 Å². The Hall–Kier alpha value is -2.55. The van der Waals surface area contributed by atoms with Gasteiger partial charge in [-0.1, -0.05) is 36.4 Å². The van der Waals surface area contributed by atoms with Gasteiger partial charge in [0.1, 0.15) is 0 Å². The van der Waals surface area contributed by atoms with Crippen molar-refractivity contribution in [3.05, 3.63) is 72.3 Å². The second-order valence-corrected chi connectivity index (χ2v) is 9.50. The van der Waals surface area contributed by atoms with Gasteiger partial charge in [-0.25, -0.2) is 8.42 Å². The lowest BCUT2D eigenvalue weighted by Crippen LogP contribution is -2.38. The monoisotopic (exact) mass is 444 g/mol. The van der Waals surface area contributed by atoms with Crippen molar-refractivity contribution in [1.82, 2.24) is 5.32 Å². The lowest BCUT2D eigenvalue weighted by molar-refractivity contribution is 0.0915. The number of benzene rings is 3. The van der Waals surface area contributed by atoms with Gasteiger partial charge >= 0.3 is 0 Å². The van der Waals surface area contributed by atoms with Gasteiger partial charge in [-0.2, -0.15) is 11.8 Å². The van der Waals surface area contributed by atoms with Gasteiger partial charge in [0.05, 0.1) is 17.5 Å². The van der Waals surface area contributed by atoms with Crippen LogP contribution in [0.5, 0.6) is 0 Å². The zero-order chi connectivity index (χ0) is 21.6. The Bertz CT molecular complexity index is 1130. The fourth-order valence-corrected chi connectivity index (χ4v) is 4.62. The minimum Gasteiger partial charge on any atom is -0.394 e. The average Bonchev–Trinajstić information content (AvgIpc) is 2.76. The fourth-order valence-electron chi connectivity index (χ4n) is 3.01. The summed E-state index contributed by atoms with van der Waals surface area (Å²) in [5.74, 6) is 0.383. The van der Waals surface area contributed by atoms with Gasteiger partial charge in [0.2, 0.25) is 0 Å². The predicted molar refractivity (Wildman–Crippen MR) is 123 cm³/mol. The minimum atomic E-state index is -3.87.